The van der Waals surface area contributed by atoms with Crippen LogP contribution in [0, 0.1) is 17.2 Å². The zero-order valence-corrected chi connectivity index (χ0v) is 13.2. The zero-order chi connectivity index (χ0) is 16.0. The molecule has 1 aromatic carbocycles. The summed E-state index contributed by atoms with van der Waals surface area (Å²) in [5.74, 6) is -0.300. The van der Waals surface area contributed by atoms with E-state index >= 15 is 0 Å². The molecule has 6 heteroatoms. The molecule has 0 heterocycles. The van der Waals surface area contributed by atoms with Gasteiger partial charge in [-0.3, -0.25) is 4.79 Å². The number of amides is 1. The van der Waals surface area contributed by atoms with Crippen molar-refractivity contribution in [3.63, 3.8) is 0 Å². The van der Waals surface area contributed by atoms with Crippen LogP contribution in [0.15, 0.2) is 18.2 Å². The van der Waals surface area contributed by atoms with Crippen molar-refractivity contribution in [3.8, 4) is 6.07 Å². The molecule has 1 atom stereocenters. The molecule has 0 aliphatic rings. The molecule has 0 aromatic heterocycles. The minimum Gasteiger partial charge on any atom is -0.392 e. The lowest BCUT2D eigenvalue weighted by Crippen LogP contribution is -2.50. The third kappa shape index (κ3) is 4.62. The number of aliphatic hydroxyl groups is 1. The fourth-order valence-corrected chi connectivity index (χ4v) is 1.80. The van der Waals surface area contributed by atoms with Gasteiger partial charge in [0.1, 0.15) is 5.54 Å². The van der Waals surface area contributed by atoms with Gasteiger partial charge in [0.25, 0.3) is 0 Å². The lowest BCUT2D eigenvalue weighted by atomic mass is 9.90. The van der Waals surface area contributed by atoms with E-state index in [-0.39, 0.29) is 25.0 Å². The van der Waals surface area contributed by atoms with Crippen LogP contribution in [0.3, 0.4) is 0 Å². The van der Waals surface area contributed by atoms with Crippen molar-refractivity contribution in [1.29, 1.82) is 5.26 Å². The summed E-state index contributed by atoms with van der Waals surface area (Å²) < 4.78 is 0. The molecular weight excluding hydrogens is 290 g/mol. The summed E-state index contributed by atoms with van der Waals surface area (Å²) >= 11 is 6.02. The number of nitrogens with one attached hydrogen (secondary N) is 2. The minimum atomic E-state index is -0.907. The van der Waals surface area contributed by atoms with E-state index < -0.39 is 5.54 Å². The van der Waals surface area contributed by atoms with Crippen LogP contribution in [0.4, 0.5) is 5.69 Å². The molecule has 0 saturated heterocycles. The van der Waals surface area contributed by atoms with E-state index in [4.69, 9.17) is 22.0 Å². The van der Waals surface area contributed by atoms with Crippen LogP contribution >= 0.6 is 11.6 Å². The average molecular weight is 310 g/mol. The molecule has 0 unspecified atom stereocenters. The lowest BCUT2D eigenvalue weighted by molar-refractivity contribution is -0.121. The van der Waals surface area contributed by atoms with Crippen molar-refractivity contribution in [3.05, 3.63) is 28.8 Å². The summed E-state index contributed by atoms with van der Waals surface area (Å²) in [5.41, 5.74) is 0.364. The molecule has 114 valence electrons. The van der Waals surface area contributed by atoms with Gasteiger partial charge in [-0.2, -0.15) is 5.26 Å². The number of benzene rings is 1. The van der Waals surface area contributed by atoms with Crippen LogP contribution in [-0.2, 0) is 11.4 Å². The van der Waals surface area contributed by atoms with Gasteiger partial charge in [0.05, 0.1) is 29.9 Å². The predicted molar refractivity (Wildman–Crippen MR) is 82.9 cm³/mol. The van der Waals surface area contributed by atoms with Crippen molar-refractivity contribution >= 4 is 23.2 Å². The Labute approximate surface area is 129 Å². The van der Waals surface area contributed by atoms with E-state index in [1.54, 1.807) is 25.1 Å². The Morgan fingerprint density at radius 1 is 1.52 bits per heavy atom. The normalized spacial score (nSPS) is 13.4. The van der Waals surface area contributed by atoms with Gasteiger partial charge in [0.15, 0.2) is 0 Å². The molecule has 0 spiro atoms. The summed E-state index contributed by atoms with van der Waals surface area (Å²) in [7, 11) is 0. The summed E-state index contributed by atoms with van der Waals surface area (Å²) in [6, 6.07) is 7.16. The second-order valence-corrected chi connectivity index (χ2v) is 5.75. The first-order chi connectivity index (χ1) is 9.82. The highest BCUT2D eigenvalue weighted by Crippen LogP contribution is 2.23. The Hall–Kier alpha value is -1.77. The van der Waals surface area contributed by atoms with Crippen LogP contribution in [0.2, 0.25) is 5.02 Å². The number of carbonyl (C=O) groups excluding carboxylic acids is 1. The molecule has 0 aliphatic heterocycles. The molecule has 21 heavy (non-hydrogen) atoms. The monoisotopic (exact) mass is 309 g/mol. The number of nitriles is 1. The quantitative estimate of drug-likeness (QED) is 0.752. The van der Waals surface area contributed by atoms with Gasteiger partial charge in [-0.25, -0.2) is 0 Å². The number of aliphatic hydroxyl groups excluding tert-OH is 1. The van der Waals surface area contributed by atoms with Gasteiger partial charge in [-0.1, -0.05) is 31.5 Å². The Bertz CT molecular complexity index is 554. The number of hydrogen-bond acceptors (Lipinski definition) is 4. The standard InChI is InChI=1S/C15H20ClN3O2/c1-10(2)15(3,9-17)19-14(21)7-18-13-6-11(8-20)4-5-12(13)16/h4-6,10,18,20H,7-8H2,1-3H3,(H,19,21)/t15-/m1/s1. The molecule has 0 bridgehead atoms. The third-order valence-electron chi connectivity index (χ3n) is 3.44. The van der Waals surface area contributed by atoms with Crippen molar-refractivity contribution in [2.45, 2.75) is 32.9 Å². The maximum absolute atomic E-state index is 11.9. The van der Waals surface area contributed by atoms with E-state index in [0.29, 0.717) is 16.3 Å². The number of hydrogen-bond donors (Lipinski definition) is 3. The second-order valence-electron chi connectivity index (χ2n) is 5.34. The van der Waals surface area contributed by atoms with E-state index in [1.807, 2.05) is 13.8 Å². The minimum absolute atomic E-state index is 0.00140. The van der Waals surface area contributed by atoms with Gasteiger partial charge in [0, 0.05) is 0 Å². The molecule has 1 rings (SSSR count). The number of anilines is 1. The Morgan fingerprint density at radius 3 is 2.71 bits per heavy atom. The second kappa shape index (κ2) is 7.30. The Kier molecular flexibility index (Phi) is 6.01. The van der Waals surface area contributed by atoms with Gasteiger partial charge in [-0.05, 0) is 30.5 Å². The predicted octanol–water partition coefficient (Wildman–Crippen LogP) is 2.30. The molecule has 0 radical (unpaired) electrons. The topological polar surface area (TPSA) is 85.2 Å². The zero-order valence-electron chi connectivity index (χ0n) is 12.4. The van der Waals surface area contributed by atoms with Crippen molar-refractivity contribution < 1.29 is 9.90 Å². The summed E-state index contributed by atoms with van der Waals surface area (Å²) in [6.07, 6.45) is 0. The summed E-state index contributed by atoms with van der Waals surface area (Å²) in [5, 5.41) is 24.3. The smallest absolute Gasteiger partial charge is 0.240 e. The van der Waals surface area contributed by atoms with E-state index in [2.05, 4.69) is 16.7 Å². The fraction of sp³-hybridized carbons (Fsp3) is 0.467. The highest BCUT2D eigenvalue weighted by atomic mass is 35.5. The van der Waals surface area contributed by atoms with Gasteiger partial charge in [0.2, 0.25) is 5.91 Å². The summed E-state index contributed by atoms with van der Waals surface area (Å²) in [4.78, 5) is 11.9. The maximum Gasteiger partial charge on any atom is 0.240 e. The molecule has 0 fully saturated rings. The van der Waals surface area contributed by atoms with Crippen LogP contribution in [0.1, 0.15) is 26.3 Å². The van der Waals surface area contributed by atoms with E-state index in [9.17, 15) is 4.79 Å². The van der Waals surface area contributed by atoms with Gasteiger partial charge in [-0.15, -0.1) is 0 Å². The number of nitrogens with zero attached hydrogens (tertiary/aromatic N) is 1. The lowest BCUT2D eigenvalue weighted by Gasteiger charge is -2.27. The Morgan fingerprint density at radius 2 is 2.19 bits per heavy atom. The van der Waals surface area contributed by atoms with E-state index in [0.717, 1.165) is 0 Å². The first-order valence-electron chi connectivity index (χ1n) is 6.68. The van der Waals surface area contributed by atoms with Gasteiger partial charge >= 0.3 is 0 Å². The van der Waals surface area contributed by atoms with Crippen molar-refractivity contribution in [2.24, 2.45) is 5.92 Å². The third-order valence-corrected chi connectivity index (χ3v) is 3.77. The maximum atomic E-state index is 11.9. The molecule has 1 amide bonds. The number of rotatable bonds is 6. The summed E-state index contributed by atoms with van der Waals surface area (Å²) in [6.45, 7) is 5.34. The average Bonchev–Trinajstić information content (AvgIpc) is 2.46. The van der Waals surface area contributed by atoms with Crippen LogP contribution in [-0.4, -0.2) is 23.1 Å². The van der Waals surface area contributed by atoms with Crippen molar-refractivity contribution in [1.82, 2.24) is 5.32 Å². The SMILES string of the molecule is CC(C)[C@@](C)(C#N)NC(=O)CNc1cc(CO)ccc1Cl. The number of halogens is 1. The van der Waals surface area contributed by atoms with E-state index in [1.165, 1.54) is 0 Å². The van der Waals surface area contributed by atoms with Crippen LogP contribution in [0.25, 0.3) is 0 Å². The molecule has 0 saturated carbocycles. The molecular formula is C15H20ClN3O2. The molecule has 3 N–H and O–H groups in total. The Balaban J connectivity index is 2.68. The highest BCUT2D eigenvalue weighted by molar-refractivity contribution is 6.33. The van der Waals surface area contributed by atoms with Gasteiger partial charge < -0.3 is 15.7 Å². The molecule has 1 aromatic rings. The van der Waals surface area contributed by atoms with Crippen molar-refractivity contribution in [2.75, 3.05) is 11.9 Å². The first kappa shape index (κ1) is 17.3. The highest BCUT2D eigenvalue weighted by Gasteiger charge is 2.29. The fourth-order valence-electron chi connectivity index (χ4n) is 1.62. The van der Waals surface area contributed by atoms with Crippen LogP contribution < -0.4 is 10.6 Å². The molecule has 0 aliphatic carbocycles. The number of carbonyl (C=O) groups is 1. The first-order valence-corrected chi connectivity index (χ1v) is 7.05. The van der Waals surface area contributed by atoms with Crippen LogP contribution in [0.5, 0.6) is 0 Å². The largest absolute Gasteiger partial charge is 0.392 e. The molecule has 5 nitrogen and oxygen atoms in total.